The Kier molecular flexibility index (Phi) is 8.93. The van der Waals surface area contributed by atoms with Crippen molar-refractivity contribution < 1.29 is 27.5 Å². The number of nitrogens with one attached hydrogen (secondary N) is 3. The molecule has 2 aliphatic carbocycles. The summed E-state index contributed by atoms with van der Waals surface area (Å²) in [5.41, 5.74) is 7.98. The Bertz CT molecular complexity index is 1410. The molecule has 15 heteroatoms. The second kappa shape index (κ2) is 13.0. The highest BCUT2D eigenvalue weighted by Crippen LogP contribution is 2.34. The summed E-state index contributed by atoms with van der Waals surface area (Å²) in [6.45, 7) is 0.975. The Morgan fingerprint density at radius 1 is 0.909 bits per heavy atom. The first-order valence-corrected chi connectivity index (χ1v) is 15.3. The van der Waals surface area contributed by atoms with Crippen molar-refractivity contribution in [2.45, 2.75) is 94.7 Å². The second-order valence-corrected chi connectivity index (χ2v) is 11.8. The molecule has 12 nitrogen and oxygen atoms in total. The van der Waals surface area contributed by atoms with Crippen LogP contribution >= 0.6 is 0 Å². The van der Waals surface area contributed by atoms with Gasteiger partial charge in [0.1, 0.15) is 5.75 Å². The molecule has 44 heavy (non-hydrogen) atoms. The van der Waals surface area contributed by atoms with E-state index in [2.05, 4.69) is 25.3 Å². The lowest BCUT2D eigenvalue weighted by atomic mass is 9.92. The number of anilines is 3. The molecule has 2 saturated carbocycles. The quantitative estimate of drug-likeness (QED) is 0.254. The average Bonchev–Trinajstić information content (AvgIpc) is 3.66. The largest absolute Gasteiger partial charge is 0.573 e. The maximum Gasteiger partial charge on any atom is 0.573 e. The van der Waals surface area contributed by atoms with Crippen molar-refractivity contribution in [1.82, 2.24) is 24.6 Å². The number of hydrogen-bond acceptors (Lipinski definition) is 10. The molecule has 1 saturated heterocycles. The fourth-order valence-corrected chi connectivity index (χ4v) is 6.26. The average molecular weight is 618 g/mol. The lowest BCUT2D eigenvalue weighted by Gasteiger charge is -2.31. The number of piperidine rings is 1. The Labute approximate surface area is 252 Å². The summed E-state index contributed by atoms with van der Waals surface area (Å²) in [4.78, 5) is 32.3. The minimum Gasteiger partial charge on any atom is -0.406 e. The van der Waals surface area contributed by atoms with Gasteiger partial charge in [-0.3, -0.25) is 5.32 Å². The topological polar surface area (TPSA) is 144 Å². The molecular weight excluding hydrogens is 579 g/mol. The van der Waals surface area contributed by atoms with Crippen LogP contribution in [0.1, 0.15) is 70.3 Å². The van der Waals surface area contributed by atoms with Crippen LogP contribution in [0.2, 0.25) is 0 Å². The molecule has 238 valence electrons. The maximum atomic E-state index is 12.4. The Morgan fingerprint density at radius 2 is 1.59 bits per heavy atom. The smallest absolute Gasteiger partial charge is 0.406 e. The highest BCUT2D eigenvalue weighted by molar-refractivity contribution is 5.85. The monoisotopic (exact) mass is 617 g/mol. The van der Waals surface area contributed by atoms with Gasteiger partial charge in [0.25, 0.3) is 0 Å². The molecule has 2 aromatic heterocycles. The number of amides is 1. The molecule has 6 rings (SSSR count). The van der Waals surface area contributed by atoms with Crippen molar-refractivity contribution in [3.05, 3.63) is 30.6 Å². The van der Waals surface area contributed by atoms with Gasteiger partial charge in [0.2, 0.25) is 5.95 Å². The third-order valence-electron chi connectivity index (χ3n) is 8.59. The molecular formula is C29H38F3N9O3. The van der Waals surface area contributed by atoms with Crippen molar-refractivity contribution >= 4 is 34.7 Å². The fourth-order valence-electron chi connectivity index (χ4n) is 6.26. The van der Waals surface area contributed by atoms with Crippen molar-refractivity contribution in [3.8, 4) is 5.75 Å². The van der Waals surface area contributed by atoms with Gasteiger partial charge in [-0.2, -0.15) is 9.97 Å². The molecule has 0 spiro atoms. The summed E-state index contributed by atoms with van der Waals surface area (Å²) in [7, 11) is 0. The van der Waals surface area contributed by atoms with E-state index in [0.717, 1.165) is 61.8 Å². The van der Waals surface area contributed by atoms with Gasteiger partial charge in [0.15, 0.2) is 17.0 Å². The van der Waals surface area contributed by atoms with E-state index < -0.39 is 12.5 Å². The number of rotatable bonds is 8. The van der Waals surface area contributed by atoms with Gasteiger partial charge in [-0.15, -0.1) is 18.2 Å². The third-order valence-corrected chi connectivity index (χ3v) is 8.59. The molecule has 0 bridgehead atoms. The van der Waals surface area contributed by atoms with E-state index in [-0.39, 0.29) is 29.6 Å². The van der Waals surface area contributed by atoms with Gasteiger partial charge in [-0.25, -0.2) is 9.78 Å². The van der Waals surface area contributed by atoms with Gasteiger partial charge in [-0.1, -0.05) is 12.8 Å². The molecule has 3 aromatic rings. The lowest BCUT2D eigenvalue weighted by molar-refractivity contribution is -0.274. The van der Waals surface area contributed by atoms with Crippen molar-refractivity contribution in [2.75, 3.05) is 29.0 Å². The van der Waals surface area contributed by atoms with E-state index in [1.165, 1.54) is 25.0 Å². The number of alkyl halides is 3. The predicted molar refractivity (Wildman–Crippen MR) is 158 cm³/mol. The van der Waals surface area contributed by atoms with E-state index in [0.29, 0.717) is 43.7 Å². The van der Waals surface area contributed by atoms with E-state index in [1.807, 2.05) is 6.33 Å². The number of benzene rings is 1. The summed E-state index contributed by atoms with van der Waals surface area (Å²) in [6.07, 6.45) is 6.32. The van der Waals surface area contributed by atoms with Gasteiger partial charge in [0.05, 0.1) is 6.33 Å². The van der Waals surface area contributed by atoms with E-state index >= 15 is 0 Å². The zero-order valence-electron chi connectivity index (χ0n) is 24.4. The minimum absolute atomic E-state index is 0.0781. The van der Waals surface area contributed by atoms with Crippen molar-refractivity contribution in [1.29, 1.82) is 0 Å². The number of nitrogens with zero attached hydrogens (tertiary/aromatic N) is 5. The van der Waals surface area contributed by atoms with Gasteiger partial charge in [-0.05, 0) is 75.6 Å². The molecule has 0 radical (unpaired) electrons. The molecule has 3 heterocycles. The summed E-state index contributed by atoms with van der Waals surface area (Å²) >= 11 is 0. The highest BCUT2D eigenvalue weighted by atomic mass is 19.4. The van der Waals surface area contributed by atoms with Crippen LogP contribution in [0.15, 0.2) is 30.6 Å². The first-order valence-electron chi connectivity index (χ1n) is 15.3. The molecule has 3 fully saturated rings. The Hall–Kier alpha value is -3.85. The number of imidazole rings is 1. The minimum atomic E-state index is -4.78. The van der Waals surface area contributed by atoms with Crippen LogP contribution in [0.25, 0.3) is 11.2 Å². The zero-order valence-corrected chi connectivity index (χ0v) is 24.4. The first kappa shape index (κ1) is 30.2. The number of hydroxylamine groups is 2. The molecule has 0 unspecified atom stereocenters. The van der Waals surface area contributed by atoms with Crippen LogP contribution in [0, 0.1) is 0 Å². The Balaban J connectivity index is 1.07. The molecule has 1 aliphatic heterocycles. The molecule has 3 aliphatic rings. The number of ether oxygens (including phenoxy) is 1. The summed E-state index contributed by atoms with van der Waals surface area (Å²) in [5.74, 6) is 0.909. The predicted octanol–water partition coefficient (Wildman–Crippen LogP) is 5.56. The fraction of sp³-hybridized carbons (Fsp3) is 0.586. The SMILES string of the molecule is NC1CCC(Nc2nc(NC3CCN(OC(=O)Nc4ccc(OC(F)(F)F)cc4)CC3)c3ncn(C4CCCC4)c3n2)CC1. The number of aromatic nitrogens is 4. The number of fused-ring (bicyclic) bond motifs is 1. The van der Waals surface area contributed by atoms with Crippen LogP contribution in [-0.4, -0.2) is 68.3 Å². The van der Waals surface area contributed by atoms with E-state index in [4.69, 9.17) is 25.5 Å². The van der Waals surface area contributed by atoms with Crippen LogP contribution in [0.5, 0.6) is 5.75 Å². The number of hydrogen-bond donors (Lipinski definition) is 4. The summed E-state index contributed by atoms with van der Waals surface area (Å²) < 4.78 is 43.1. The van der Waals surface area contributed by atoms with Gasteiger partial charge in [0, 0.05) is 42.9 Å². The number of carbonyl (C=O) groups is 1. The first-order chi connectivity index (χ1) is 21.2. The maximum absolute atomic E-state index is 12.4. The van der Waals surface area contributed by atoms with Crippen LogP contribution in [0.4, 0.5) is 35.4 Å². The molecule has 1 amide bonds. The standard InChI is InChI=1S/C29H38F3N9O3/c30-29(31,32)43-23-11-9-20(10-12-23)37-28(42)44-40-15-13-21(14-16-40)35-25-24-26(41(17-34-24)22-3-1-2-4-22)39-27(38-25)36-19-7-5-18(33)6-8-19/h9-12,17-19,21-22H,1-8,13-16,33H2,(H,37,42)(H2,35,36,38,39). The molecule has 1 aromatic carbocycles. The van der Waals surface area contributed by atoms with Gasteiger partial charge < -0.3 is 30.5 Å². The summed E-state index contributed by atoms with van der Waals surface area (Å²) in [5, 5.41) is 11.2. The lowest BCUT2D eigenvalue weighted by Crippen LogP contribution is -2.41. The van der Waals surface area contributed by atoms with Crippen molar-refractivity contribution in [3.63, 3.8) is 0 Å². The highest BCUT2D eigenvalue weighted by Gasteiger charge is 2.31. The number of halogens is 3. The molecule has 0 atom stereocenters. The van der Waals surface area contributed by atoms with Gasteiger partial charge >= 0.3 is 12.5 Å². The number of carbonyl (C=O) groups excluding carboxylic acids is 1. The third kappa shape index (κ3) is 7.62. The van der Waals surface area contributed by atoms with Crippen LogP contribution in [-0.2, 0) is 4.84 Å². The summed E-state index contributed by atoms with van der Waals surface area (Å²) in [6, 6.07) is 5.85. The van der Waals surface area contributed by atoms with E-state index in [1.54, 1.807) is 5.06 Å². The Morgan fingerprint density at radius 3 is 2.27 bits per heavy atom. The molecule has 5 N–H and O–H groups in total. The zero-order chi connectivity index (χ0) is 30.7. The second-order valence-electron chi connectivity index (χ2n) is 11.8. The normalized spacial score (nSPS) is 22.2. The van der Waals surface area contributed by atoms with Crippen LogP contribution in [0.3, 0.4) is 0 Å². The van der Waals surface area contributed by atoms with Crippen molar-refractivity contribution in [2.24, 2.45) is 5.73 Å². The number of nitrogens with two attached hydrogens (primary N) is 1. The van der Waals surface area contributed by atoms with Crippen LogP contribution < -0.4 is 26.4 Å². The van der Waals surface area contributed by atoms with E-state index in [9.17, 15) is 18.0 Å².